The molecule has 0 fully saturated rings. The largest absolute Gasteiger partial charge is 0.497 e. The van der Waals surface area contributed by atoms with E-state index in [1.54, 1.807) is 74.9 Å². The maximum atomic E-state index is 13.5. The highest BCUT2D eigenvalue weighted by molar-refractivity contribution is 8.14. The molecule has 1 N–H and O–H groups in total. The Kier molecular flexibility index (Phi) is 8.37. The smallest absolute Gasteiger partial charge is 0.283 e. The summed E-state index contributed by atoms with van der Waals surface area (Å²) in [5.74, 6) is 1.19. The molecule has 0 aromatic heterocycles. The van der Waals surface area contributed by atoms with Crippen LogP contribution in [0.15, 0.2) is 77.4 Å². The van der Waals surface area contributed by atoms with Gasteiger partial charge < -0.3 is 19.5 Å². The van der Waals surface area contributed by atoms with Gasteiger partial charge in [-0.3, -0.25) is 14.5 Å². The van der Waals surface area contributed by atoms with E-state index in [9.17, 15) is 9.59 Å². The third-order valence-corrected chi connectivity index (χ3v) is 6.58. The number of thioether (sulfide) groups is 1. The van der Waals surface area contributed by atoms with Crippen LogP contribution in [-0.4, -0.2) is 44.1 Å². The summed E-state index contributed by atoms with van der Waals surface area (Å²) >= 11 is 7.33. The van der Waals surface area contributed by atoms with E-state index in [2.05, 4.69) is 10.3 Å². The maximum absolute atomic E-state index is 13.5. The lowest BCUT2D eigenvalue weighted by Crippen LogP contribution is -2.31. The second kappa shape index (κ2) is 11.9. The number of amides is 2. The molecular weight excluding hydrogens is 514 g/mol. The number of hydrogen-bond donors (Lipinski definition) is 1. The van der Waals surface area contributed by atoms with Crippen LogP contribution in [0.25, 0.3) is 6.08 Å². The Morgan fingerprint density at radius 2 is 1.76 bits per heavy atom. The molecule has 0 aliphatic carbocycles. The molecule has 1 heterocycles. The SMILES string of the molecule is COc1ccc(/C=C2\N=C(SCC(=O)Nc3cccc(OC)c3)N(c3ccc(Cl)c(OC)c3)C2=O)cc1. The molecule has 10 heteroatoms. The summed E-state index contributed by atoms with van der Waals surface area (Å²) in [5, 5.41) is 3.60. The lowest BCUT2D eigenvalue weighted by Gasteiger charge is -2.19. The van der Waals surface area contributed by atoms with Gasteiger partial charge in [0.15, 0.2) is 5.17 Å². The van der Waals surface area contributed by atoms with Crippen molar-refractivity contribution in [1.82, 2.24) is 0 Å². The molecule has 0 radical (unpaired) electrons. The van der Waals surface area contributed by atoms with Gasteiger partial charge in [0, 0.05) is 17.8 Å². The van der Waals surface area contributed by atoms with Crippen LogP contribution in [0.4, 0.5) is 11.4 Å². The van der Waals surface area contributed by atoms with E-state index in [4.69, 9.17) is 25.8 Å². The zero-order chi connectivity index (χ0) is 26.4. The first-order chi connectivity index (χ1) is 17.9. The molecule has 1 aliphatic heterocycles. The zero-order valence-corrected chi connectivity index (χ0v) is 21.9. The summed E-state index contributed by atoms with van der Waals surface area (Å²) in [6.45, 7) is 0. The van der Waals surface area contributed by atoms with E-state index >= 15 is 0 Å². The van der Waals surface area contributed by atoms with E-state index in [0.717, 1.165) is 17.3 Å². The van der Waals surface area contributed by atoms with E-state index in [0.29, 0.717) is 38.8 Å². The van der Waals surface area contributed by atoms with Gasteiger partial charge in [-0.2, -0.15) is 0 Å². The molecule has 37 heavy (non-hydrogen) atoms. The van der Waals surface area contributed by atoms with Gasteiger partial charge in [-0.15, -0.1) is 0 Å². The van der Waals surface area contributed by atoms with Gasteiger partial charge >= 0.3 is 0 Å². The third kappa shape index (κ3) is 6.25. The van der Waals surface area contributed by atoms with Gasteiger partial charge in [-0.05, 0) is 48.0 Å². The molecule has 0 unspecified atom stereocenters. The standard InChI is InChI=1S/C27H24ClN3O5S/c1-34-20-10-7-17(8-11-20)13-23-26(33)31(19-9-12-22(28)24(15-19)36-3)27(30-23)37-16-25(32)29-18-5-4-6-21(14-18)35-2/h4-15H,16H2,1-3H3,(H,29,32)/b23-13-. The number of halogens is 1. The predicted molar refractivity (Wildman–Crippen MR) is 148 cm³/mol. The number of rotatable bonds is 8. The number of carbonyl (C=O) groups is 2. The van der Waals surface area contributed by atoms with Crippen molar-refractivity contribution in [2.24, 2.45) is 4.99 Å². The summed E-state index contributed by atoms with van der Waals surface area (Å²) in [6.07, 6.45) is 1.69. The highest BCUT2D eigenvalue weighted by Crippen LogP contribution is 2.34. The average molecular weight is 538 g/mol. The van der Waals surface area contributed by atoms with Gasteiger partial charge in [-0.25, -0.2) is 4.99 Å². The fourth-order valence-corrected chi connectivity index (χ4v) is 4.50. The first-order valence-corrected chi connectivity index (χ1v) is 12.5. The summed E-state index contributed by atoms with van der Waals surface area (Å²) in [4.78, 5) is 32.1. The molecule has 8 nitrogen and oxygen atoms in total. The normalized spacial score (nSPS) is 13.9. The van der Waals surface area contributed by atoms with Crippen LogP contribution < -0.4 is 24.4 Å². The molecular formula is C27H24ClN3O5S. The number of hydrogen-bond acceptors (Lipinski definition) is 7. The summed E-state index contributed by atoms with van der Waals surface area (Å²) in [6, 6.07) is 19.3. The number of nitrogens with zero attached hydrogens (tertiary/aromatic N) is 2. The third-order valence-electron chi connectivity index (χ3n) is 5.33. The molecule has 0 saturated heterocycles. The van der Waals surface area contributed by atoms with Crippen molar-refractivity contribution in [3.8, 4) is 17.2 Å². The Morgan fingerprint density at radius 3 is 2.46 bits per heavy atom. The molecule has 0 saturated carbocycles. The van der Waals surface area contributed by atoms with Crippen LogP contribution >= 0.6 is 23.4 Å². The van der Waals surface area contributed by atoms with E-state index in [1.165, 1.54) is 12.0 Å². The first-order valence-electron chi connectivity index (χ1n) is 11.1. The van der Waals surface area contributed by atoms with Crippen molar-refractivity contribution >= 4 is 57.8 Å². The molecule has 4 rings (SSSR count). The summed E-state index contributed by atoms with van der Waals surface area (Å²) < 4.78 is 15.7. The molecule has 0 atom stereocenters. The second-order valence-corrected chi connectivity index (χ2v) is 9.08. The molecule has 3 aromatic rings. The Hall–Kier alpha value is -3.95. The monoisotopic (exact) mass is 537 g/mol. The molecule has 3 aromatic carbocycles. The van der Waals surface area contributed by atoms with E-state index in [-0.39, 0.29) is 23.3 Å². The number of nitrogens with one attached hydrogen (secondary N) is 1. The van der Waals surface area contributed by atoms with Crippen molar-refractivity contribution in [3.63, 3.8) is 0 Å². The molecule has 190 valence electrons. The minimum Gasteiger partial charge on any atom is -0.497 e. The highest BCUT2D eigenvalue weighted by atomic mass is 35.5. The molecule has 1 aliphatic rings. The average Bonchev–Trinajstić information content (AvgIpc) is 3.22. The number of aliphatic imine (C=N–C) groups is 1. The van der Waals surface area contributed by atoms with Crippen LogP contribution in [0.2, 0.25) is 5.02 Å². The molecule has 0 spiro atoms. The van der Waals surface area contributed by atoms with Crippen LogP contribution in [-0.2, 0) is 9.59 Å². The van der Waals surface area contributed by atoms with Crippen molar-refractivity contribution in [2.45, 2.75) is 0 Å². The first kappa shape index (κ1) is 26.1. The van der Waals surface area contributed by atoms with Gasteiger partial charge in [0.05, 0.1) is 37.8 Å². The van der Waals surface area contributed by atoms with Crippen molar-refractivity contribution in [2.75, 3.05) is 37.3 Å². The fraction of sp³-hybridized carbons (Fsp3) is 0.148. The van der Waals surface area contributed by atoms with Crippen LogP contribution in [0, 0.1) is 0 Å². The number of benzene rings is 3. The van der Waals surface area contributed by atoms with E-state index in [1.807, 2.05) is 12.1 Å². The molecule has 2 amide bonds. The van der Waals surface area contributed by atoms with Gasteiger partial charge in [0.25, 0.3) is 5.91 Å². The number of ether oxygens (including phenoxy) is 3. The Morgan fingerprint density at radius 1 is 1.00 bits per heavy atom. The Bertz CT molecular complexity index is 1370. The van der Waals surface area contributed by atoms with Crippen LogP contribution in [0.5, 0.6) is 17.2 Å². The lowest BCUT2D eigenvalue weighted by molar-refractivity contribution is -0.114. The van der Waals surface area contributed by atoms with E-state index < -0.39 is 0 Å². The number of anilines is 2. The van der Waals surface area contributed by atoms with Gasteiger partial charge in [-0.1, -0.05) is 41.6 Å². The summed E-state index contributed by atoms with van der Waals surface area (Å²) in [5.41, 5.74) is 2.14. The second-order valence-electron chi connectivity index (χ2n) is 7.73. The van der Waals surface area contributed by atoms with Gasteiger partial charge in [0.2, 0.25) is 5.91 Å². The maximum Gasteiger partial charge on any atom is 0.283 e. The number of amidine groups is 1. The predicted octanol–water partition coefficient (Wildman–Crippen LogP) is 5.48. The molecule has 0 bridgehead atoms. The number of carbonyl (C=O) groups excluding carboxylic acids is 2. The van der Waals surface area contributed by atoms with Crippen molar-refractivity contribution in [3.05, 3.63) is 83.0 Å². The zero-order valence-electron chi connectivity index (χ0n) is 20.4. The quantitative estimate of drug-likeness (QED) is 0.383. The topological polar surface area (TPSA) is 89.5 Å². The highest BCUT2D eigenvalue weighted by Gasteiger charge is 2.33. The van der Waals surface area contributed by atoms with Gasteiger partial charge in [0.1, 0.15) is 22.9 Å². The Balaban J connectivity index is 1.59. The summed E-state index contributed by atoms with van der Waals surface area (Å²) in [7, 11) is 4.65. The van der Waals surface area contributed by atoms with Crippen LogP contribution in [0.1, 0.15) is 5.56 Å². The van der Waals surface area contributed by atoms with Crippen molar-refractivity contribution in [1.29, 1.82) is 0 Å². The minimum absolute atomic E-state index is 0.0281. The lowest BCUT2D eigenvalue weighted by atomic mass is 10.2. The minimum atomic E-state index is -0.337. The van der Waals surface area contributed by atoms with Crippen molar-refractivity contribution < 1.29 is 23.8 Å². The number of methoxy groups -OCH3 is 3. The fourth-order valence-electron chi connectivity index (χ4n) is 3.49. The van der Waals surface area contributed by atoms with Crippen LogP contribution in [0.3, 0.4) is 0 Å². The Labute approximate surface area is 223 Å².